The number of carbonyl (C=O) groups is 1. The Morgan fingerprint density at radius 3 is 2.54 bits per heavy atom. The van der Waals surface area contributed by atoms with Crippen LogP contribution in [-0.4, -0.2) is 25.7 Å². The maximum atomic E-state index is 10.3. The van der Waals surface area contributed by atoms with Crippen LogP contribution in [0.5, 0.6) is 0 Å². The number of hydrogen-bond donors (Lipinski definition) is 1. The number of ether oxygens (including phenoxy) is 1. The molecule has 80 valence electrons. The van der Waals surface area contributed by atoms with Crippen LogP contribution in [0, 0.1) is 0 Å². The number of hydrogen-bond acceptors (Lipinski definition) is 3. The molecule has 0 rings (SSSR count). The molecule has 0 heterocycles. The first-order valence-corrected chi connectivity index (χ1v) is 4.61. The quantitative estimate of drug-likeness (QED) is 0.513. The van der Waals surface area contributed by atoms with Gasteiger partial charge in [-0.15, -0.1) is 12.4 Å². The van der Waals surface area contributed by atoms with Gasteiger partial charge in [-0.1, -0.05) is 19.8 Å². The third-order valence-electron chi connectivity index (χ3n) is 1.54. The van der Waals surface area contributed by atoms with E-state index in [0.717, 1.165) is 13.1 Å². The summed E-state index contributed by atoms with van der Waals surface area (Å²) in [5, 5.41) is 3.20. The fraction of sp³-hybridized carbons (Fsp3) is 0.889. The smallest absolute Gasteiger partial charge is 0.302 e. The van der Waals surface area contributed by atoms with E-state index in [1.165, 1.54) is 26.2 Å². The van der Waals surface area contributed by atoms with E-state index in [-0.39, 0.29) is 18.4 Å². The van der Waals surface area contributed by atoms with Crippen molar-refractivity contribution in [3.63, 3.8) is 0 Å². The molecule has 0 unspecified atom stereocenters. The third-order valence-corrected chi connectivity index (χ3v) is 1.54. The molecule has 0 aromatic carbocycles. The summed E-state index contributed by atoms with van der Waals surface area (Å²) >= 11 is 0. The summed E-state index contributed by atoms with van der Waals surface area (Å²) in [6.45, 7) is 5.88. The largest absolute Gasteiger partial charge is 0.465 e. The van der Waals surface area contributed by atoms with Crippen molar-refractivity contribution in [2.75, 3.05) is 19.7 Å². The maximum Gasteiger partial charge on any atom is 0.302 e. The van der Waals surface area contributed by atoms with Gasteiger partial charge >= 0.3 is 5.97 Å². The van der Waals surface area contributed by atoms with Crippen molar-refractivity contribution in [1.82, 2.24) is 5.32 Å². The second-order valence-electron chi connectivity index (χ2n) is 2.80. The molecular formula is C9H20ClNO2. The van der Waals surface area contributed by atoms with Gasteiger partial charge in [0.05, 0.1) is 0 Å². The van der Waals surface area contributed by atoms with Gasteiger partial charge < -0.3 is 10.1 Å². The van der Waals surface area contributed by atoms with E-state index in [1.54, 1.807) is 0 Å². The van der Waals surface area contributed by atoms with Crippen LogP contribution in [0.15, 0.2) is 0 Å². The van der Waals surface area contributed by atoms with Crippen molar-refractivity contribution in [3.05, 3.63) is 0 Å². The van der Waals surface area contributed by atoms with Crippen LogP contribution >= 0.6 is 12.4 Å². The molecule has 0 amide bonds. The molecule has 0 aromatic rings. The minimum Gasteiger partial charge on any atom is -0.465 e. The molecule has 0 aliphatic carbocycles. The van der Waals surface area contributed by atoms with Gasteiger partial charge in [0, 0.05) is 13.5 Å². The van der Waals surface area contributed by atoms with E-state index in [4.69, 9.17) is 4.74 Å². The molecule has 13 heavy (non-hydrogen) atoms. The number of carbonyl (C=O) groups excluding carboxylic acids is 1. The monoisotopic (exact) mass is 209 g/mol. The molecule has 0 aliphatic rings. The van der Waals surface area contributed by atoms with E-state index in [9.17, 15) is 4.79 Å². The average molecular weight is 210 g/mol. The molecule has 0 aliphatic heterocycles. The average Bonchev–Trinajstić information content (AvgIpc) is 2.02. The van der Waals surface area contributed by atoms with E-state index in [2.05, 4.69) is 12.2 Å². The molecule has 1 N–H and O–H groups in total. The number of halogens is 1. The second kappa shape index (κ2) is 11.7. The first-order valence-electron chi connectivity index (χ1n) is 4.61. The number of rotatable bonds is 7. The third kappa shape index (κ3) is 14.6. The van der Waals surface area contributed by atoms with E-state index < -0.39 is 0 Å². The fourth-order valence-electron chi connectivity index (χ4n) is 0.892. The minimum atomic E-state index is -0.203. The van der Waals surface area contributed by atoms with Crippen molar-refractivity contribution in [3.8, 4) is 0 Å². The normalized spacial score (nSPS) is 9.08. The Morgan fingerprint density at radius 2 is 2.00 bits per heavy atom. The molecule has 0 saturated carbocycles. The molecule has 0 bridgehead atoms. The fourth-order valence-corrected chi connectivity index (χ4v) is 0.892. The van der Waals surface area contributed by atoms with Crippen molar-refractivity contribution in [2.45, 2.75) is 33.1 Å². The van der Waals surface area contributed by atoms with Crippen LogP contribution in [0.3, 0.4) is 0 Å². The van der Waals surface area contributed by atoms with Gasteiger partial charge in [-0.3, -0.25) is 4.79 Å². The van der Waals surface area contributed by atoms with Crippen LogP contribution in [0.4, 0.5) is 0 Å². The highest BCUT2D eigenvalue weighted by Crippen LogP contribution is 1.90. The lowest BCUT2D eigenvalue weighted by Gasteiger charge is -2.03. The highest BCUT2D eigenvalue weighted by Gasteiger charge is 1.91. The zero-order valence-electron chi connectivity index (χ0n) is 8.47. The summed E-state index contributed by atoms with van der Waals surface area (Å²) in [7, 11) is 0. The Bertz CT molecular complexity index is 120. The first kappa shape index (κ1) is 15.2. The summed E-state index contributed by atoms with van der Waals surface area (Å²) < 4.78 is 4.75. The standard InChI is InChI=1S/C9H19NO2.ClH/c1-3-4-5-6-10-7-8-12-9(2)11;/h10H,3-8H2,1-2H3;1H. The Labute approximate surface area is 86.6 Å². The topological polar surface area (TPSA) is 38.3 Å². The van der Waals surface area contributed by atoms with Crippen molar-refractivity contribution < 1.29 is 9.53 Å². The zero-order valence-corrected chi connectivity index (χ0v) is 9.28. The van der Waals surface area contributed by atoms with Crippen molar-refractivity contribution in [2.24, 2.45) is 0 Å². The second-order valence-corrected chi connectivity index (χ2v) is 2.80. The van der Waals surface area contributed by atoms with Crippen LogP contribution in [0.25, 0.3) is 0 Å². The van der Waals surface area contributed by atoms with Gasteiger partial charge in [0.1, 0.15) is 6.61 Å². The summed E-state index contributed by atoms with van der Waals surface area (Å²) in [5.41, 5.74) is 0. The van der Waals surface area contributed by atoms with Crippen LogP contribution in [0.2, 0.25) is 0 Å². The summed E-state index contributed by atoms with van der Waals surface area (Å²) in [6.07, 6.45) is 3.71. The zero-order chi connectivity index (χ0) is 9.23. The summed E-state index contributed by atoms with van der Waals surface area (Å²) in [5.74, 6) is -0.203. The lowest BCUT2D eigenvalue weighted by Crippen LogP contribution is -2.21. The molecule has 0 fully saturated rings. The Morgan fingerprint density at radius 1 is 1.31 bits per heavy atom. The highest BCUT2D eigenvalue weighted by molar-refractivity contribution is 5.85. The molecule has 0 spiro atoms. The highest BCUT2D eigenvalue weighted by atomic mass is 35.5. The van der Waals surface area contributed by atoms with Gasteiger partial charge in [-0.05, 0) is 13.0 Å². The number of nitrogens with one attached hydrogen (secondary N) is 1. The van der Waals surface area contributed by atoms with Gasteiger partial charge in [0.25, 0.3) is 0 Å². The Kier molecular flexibility index (Phi) is 13.7. The van der Waals surface area contributed by atoms with E-state index in [1.807, 2.05) is 0 Å². The van der Waals surface area contributed by atoms with Gasteiger partial charge in [0.15, 0.2) is 0 Å². The van der Waals surface area contributed by atoms with Gasteiger partial charge in [0.2, 0.25) is 0 Å². The number of esters is 1. The molecule has 3 nitrogen and oxygen atoms in total. The molecule has 0 radical (unpaired) electrons. The molecule has 4 heteroatoms. The van der Waals surface area contributed by atoms with Crippen molar-refractivity contribution in [1.29, 1.82) is 0 Å². The number of unbranched alkanes of at least 4 members (excludes halogenated alkanes) is 2. The van der Waals surface area contributed by atoms with Gasteiger partial charge in [-0.25, -0.2) is 0 Å². The lowest BCUT2D eigenvalue weighted by molar-refractivity contribution is -0.140. The minimum absolute atomic E-state index is 0. The van der Waals surface area contributed by atoms with E-state index in [0.29, 0.717) is 6.61 Å². The SMILES string of the molecule is CCCCCNCCOC(C)=O.Cl. The molecule has 0 atom stereocenters. The van der Waals surface area contributed by atoms with Crippen LogP contribution in [0.1, 0.15) is 33.1 Å². The predicted molar refractivity (Wildman–Crippen MR) is 56.3 cm³/mol. The maximum absolute atomic E-state index is 10.3. The van der Waals surface area contributed by atoms with Gasteiger partial charge in [-0.2, -0.15) is 0 Å². The van der Waals surface area contributed by atoms with Crippen molar-refractivity contribution >= 4 is 18.4 Å². The molecule has 0 saturated heterocycles. The molecule has 0 aromatic heterocycles. The Balaban J connectivity index is 0. The van der Waals surface area contributed by atoms with E-state index >= 15 is 0 Å². The first-order chi connectivity index (χ1) is 5.77. The lowest BCUT2D eigenvalue weighted by atomic mass is 10.2. The molecular weight excluding hydrogens is 190 g/mol. The predicted octanol–water partition coefficient (Wildman–Crippen LogP) is 1.75. The van der Waals surface area contributed by atoms with Crippen LogP contribution in [-0.2, 0) is 9.53 Å². The van der Waals surface area contributed by atoms with Crippen LogP contribution < -0.4 is 5.32 Å². The summed E-state index contributed by atoms with van der Waals surface area (Å²) in [4.78, 5) is 10.3. The Hall–Kier alpha value is -0.280. The summed E-state index contributed by atoms with van der Waals surface area (Å²) in [6, 6.07) is 0.